The van der Waals surface area contributed by atoms with Crippen LogP contribution in [0.4, 0.5) is 0 Å². The molecule has 5 nitrogen and oxygen atoms in total. The lowest BCUT2D eigenvalue weighted by Crippen LogP contribution is -2.52. The molecule has 0 aliphatic heterocycles. The number of hydrogen-bond acceptors (Lipinski definition) is 3. The molecule has 0 aromatic heterocycles. The molecule has 2 aromatic rings. The molecule has 0 heterocycles. The predicted octanol–water partition coefficient (Wildman–Crippen LogP) is 4.94. The van der Waals surface area contributed by atoms with Crippen LogP contribution in [0.2, 0.25) is 5.02 Å². The van der Waals surface area contributed by atoms with Gasteiger partial charge in [-0.2, -0.15) is 0 Å². The van der Waals surface area contributed by atoms with E-state index in [9.17, 15) is 9.59 Å². The maximum atomic E-state index is 13.1. The molecule has 172 valence electrons. The van der Waals surface area contributed by atoms with E-state index >= 15 is 0 Å². The van der Waals surface area contributed by atoms with Gasteiger partial charge in [0.2, 0.25) is 5.91 Å². The number of carbonyl (C=O) groups is 2. The van der Waals surface area contributed by atoms with E-state index in [1.807, 2.05) is 43.3 Å². The Hall–Kier alpha value is -2.53. The number of ether oxygens (including phenoxy) is 1. The van der Waals surface area contributed by atoms with E-state index in [0.29, 0.717) is 23.7 Å². The molecule has 2 amide bonds. The van der Waals surface area contributed by atoms with Crippen LogP contribution >= 0.6 is 11.6 Å². The van der Waals surface area contributed by atoms with Gasteiger partial charge in [0.1, 0.15) is 11.8 Å². The van der Waals surface area contributed by atoms with Crippen molar-refractivity contribution in [2.24, 2.45) is 0 Å². The molecule has 1 atom stereocenters. The van der Waals surface area contributed by atoms with Gasteiger partial charge in [-0.05, 0) is 62.4 Å². The van der Waals surface area contributed by atoms with Crippen molar-refractivity contribution in [3.63, 3.8) is 0 Å². The fourth-order valence-corrected chi connectivity index (χ4v) is 4.19. The third-order valence-electron chi connectivity index (χ3n) is 6.09. The molecule has 1 N–H and O–H groups in total. The van der Waals surface area contributed by atoms with Crippen LogP contribution in [0.25, 0.3) is 0 Å². The quantitative estimate of drug-likeness (QED) is 0.581. The first kappa shape index (κ1) is 24.1. The minimum atomic E-state index is -0.566. The molecule has 3 rings (SSSR count). The first-order valence-electron chi connectivity index (χ1n) is 11.5. The van der Waals surface area contributed by atoms with E-state index in [-0.39, 0.29) is 24.5 Å². The molecule has 0 saturated heterocycles. The van der Waals surface area contributed by atoms with E-state index in [2.05, 4.69) is 5.32 Å². The summed E-state index contributed by atoms with van der Waals surface area (Å²) < 4.78 is 5.73. The molecule has 0 unspecified atom stereocenters. The summed E-state index contributed by atoms with van der Waals surface area (Å²) in [6.45, 7) is 4.01. The maximum Gasteiger partial charge on any atom is 0.261 e. The van der Waals surface area contributed by atoms with Crippen LogP contribution in [0.15, 0.2) is 48.5 Å². The second kappa shape index (κ2) is 11.9. The summed E-state index contributed by atoms with van der Waals surface area (Å²) in [5.74, 6) is 0.281. The Bertz CT molecular complexity index is 897. The Labute approximate surface area is 196 Å². The maximum absolute atomic E-state index is 13.1. The van der Waals surface area contributed by atoms with Gasteiger partial charge in [0.25, 0.3) is 5.91 Å². The Morgan fingerprint density at radius 1 is 1.12 bits per heavy atom. The van der Waals surface area contributed by atoms with Crippen LogP contribution < -0.4 is 10.1 Å². The number of hydrogen-bond donors (Lipinski definition) is 1. The average molecular weight is 457 g/mol. The highest BCUT2D eigenvalue weighted by Crippen LogP contribution is 2.21. The Morgan fingerprint density at radius 3 is 2.53 bits per heavy atom. The molecular formula is C26H33ClN2O3. The summed E-state index contributed by atoms with van der Waals surface area (Å²) in [7, 11) is 0. The number of benzene rings is 2. The normalized spacial score (nSPS) is 15.1. The first-order chi connectivity index (χ1) is 15.4. The number of halogens is 1. The third-order valence-corrected chi connectivity index (χ3v) is 6.52. The van der Waals surface area contributed by atoms with E-state index in [1.165, 1.54) is 6.42 Å². The number of amides is 2. The molecule has 0 spiro atoms. The van der Waals surface area contributed by atoms with Gasteiger partial charge in [0.15, 0.2) is 6.61 Å². The second-order valence-corrected chi connectivity index (χ2v) is 8.95. The molecule has 1 aliphatic carbocycles. The van der Waals surface area contributed by atoms with Crippen molar-refractivity contribution in [2.45, 2.75) is 64.5 Å². The van der Waals surface area contributed by atoms with Crippen LogP contribution in [0.1, 0.15) is 50.2 Å². The molecule has 0 bridgehead atoms. The van der Waals surface area contributed by atoms with Crippen LogP contribution in [-0.2, 0) is 16.0 Å². The van der Waals surface area contributed by atoms with Gasteiger partial charge in [-0.15, -0.1) is 0 Å². The van der Waals surface area contributed by atoms with Gasteiger partial charge in [0, 0.05) is 17.6 Å². The molecule has 2 aromatic carbocycles. The number of nitrogens with one attached hydrogen (secondary N) is 1. The van der Waals surface area contributed by atoms with Crippen molar-refractivity contribution in [3.05, 3.63) is 64.7 Å². The van der Waals surface area contributed by atoms with Gasteiger partial charge in [0.05, 0.1) is 0 Å². The van der Waals surface area contributed by atoms with Crippen LogP contribution in [-0.4, -0.2) is 41.9 Å². The fraction of sp³-hybridized carbons (Fsp3) is 0.462. The Morgan fingerprint density at radius 2 is 1.84 bits per heavy atom. The lowest BCUT2D eigenvalue weighted by molar-refractivity contribution is -0.141. The molecule has 1 fully saturated rings. The summed E-state index contributed by atoms with van der Waals surface area (Å²) in [6, 6.07) is 14.9. The largest absolute Gasteiger partial charge is 0.484 e. The predicted molar refractivity (Wildman–Crippen MR) is 128 cm³/mol. The molecule has 6 heteroatoms. The molecule has 1 saturated carbocycles. The average Bonchev–Trinajstić information content (AvgIpc) is 2.81. The van der Waals surface area contributed by atoms with Gasteiger partial charge in [-0.1, -0.05) is 61.2 Å². The van der Waals surface area contributed by atoms with Gasteiger partial charge >= 0.3 is 0 Å². The topological polar surface area (TPSA) is 58.6 Å². The summed E-state index contributed by atoms with van der Waals surface area (Å²) in [5, 5.41) is 3.81. The van der Waals surface area contributed by atoms with Crippen molar-refractivity contribution in [2.75, 3.05) is 13.2 Å². The highest BCUT2D eigenvalue weighted by atomic mass is 35.5. The lowest BCUT2D eigenvalue weighted by Gasteiger charge is -2.31. The molecule has 1 aliphatic rings. The van der Waals surface area contributed by atoms with E-state index in [1.54, 1.807) is 24.0 Å². The monoisotopic (exact) mass is 456 g/mol. The van der Waals surface area contributed by atoms with Crippen molar-refractivity contribution < 1.29 is 14.3 Å². The smallest absolute Gasteiger partial charge is 0.261 e. The van der Waals surface area contributed by atoms with Gasteiger partial charge < -0.3 is 15.0 Å². The Balaban J connectivity index is 1.65. The standard InChI is InChI=1S/C26H33ClN2O3/c1-19-17-23(13-14-24(19)27)32-18-25(30)29(16-15-21-9-5-3-6-10-21)20(2)26(31)28-22-11-7-4-8-12-22/h3,5-6,9-10,13-14,17,20,22H,4,7-8,11-12,15-16,18H2,1-2H3,(H,28,31)/t20-/m0/s1. The lowest BCUT2D eigenvalue weighted by atomic mass is 9.95. The SMILES string of the molecule is Cc1cc(OCC(=O)N(CCc2ccccc2)[C@@H](C)C(=O)NC2CCCCC2)ccc1Cl. The minimum Gasteiger partial charge on any atom is -0.484 e. The number of carbonyl (C=O) groups excluding carboxylic acids is 2. The van der Waals surface area contributed by atoms with E-state index in [4.69, 9.17) is 16.3 Å². The second-order valence-electron chi connectivity index (χ2n) is 8.54. The molecule has 32 heavy (non-hydrogen) atoms. The van der Waals surface area contributed by atoms with Crippen LogP contribution in [0.5, 0.6) is 5.75 Å². The summed E-state index contributed by atoms with van der Waals surface area (Å²) in [5.41, 5.74) is 2.01. The van der Waals surface area contributed by atoms with Crippen LogP contribution in [0, 0.1) is 6.92 Å². The van der Waals surface area contributed by atoms with Gasteiger partial charge in [-0.3, -0.25) is 9.59 Å². The van der Waals surface area contributed by atoms with E-state index < -0.39 is 6.04 Å². The first-order valence-corrected chi connectivity index (χ1v) is 11.8. The fourth-order valence-electron chi connectivity index (χ4n) is 4.07. The van der Waals surface area contributed by atoms with Crippen molar-refractivity contribution in [1.82, 2.24) is 10.2 Å². The summed E-state index contributed by atoms with van der Waals surface area (Å²) >= 11 is 6.07. The summed E-state index contributed by atoms with van der Waals surface area (Å²) in [6.07, 6.45) is 6.21. The minimum absolute atomic E-state index is 0.0966. The zero-order valence-corrected chi connectivity index (χ0v) is 19.7. The van der Waals surface area contributed by atoms with Crippen LogP contribution in [0.3, 0.4) is 0 Å². The molecule has 0 radical (unpaired) electrons. The Kier molecular flexibility index (Phi) is 8.98. The summed E-state index contributed by atoms with van der Waals surface area (Å²) in [4.78, 5) is 27.7. The zero-order valence-electron chi connectivity index (χ0n) is 19.0. The highest BCUT2D eigenvalue weighted by Gasteiger charge is 2.28. The number of rotatable bonds is 9. The van der Waals surface area contributed by atoms with Crippen molar-refractivity contribution in [1.29, 1.82) is 0 Å². The third kappa shape index (κ3) is 6.99. The zero-order chi connectivity index (χ0) is 22.9. The number of nitrogens with zero attached hydrogens (tertiary/aromatic N) is 1. The van der Waals surface area contributed by atoms with Crippen molar-refractivity contribution >= 4 is 23.4 Å². The number of aryl methyl sites for hydroxylation is 1. The molecular weight excluding hydrogens is 424 g/mol. The van der Waals surface area contributed by atoms with E-state index in [0.717, 1.165) is 36.8 Å². The van der Waals surface area contributed by atoms with Gasteiger partial charge in [-0.25, -0.2) is 0 Å². The highest BCUT2D eigenvalue weighted by molar-refractivity contribution is 6.31. The van der Waals surface area contributed by atoms with Crippen molar-refractivity contribution in [3.8, 4) is 5.75 Å².